The zero-order valence-corrected chi connectivity index (χ0v) is 21.9. The van der Waals surface area contributed by atoms with Gasteiger partial charge in [-0.3, -0.25) is 19.3 Å². The van der Waals surface area contributed by atoms with E-state index >= 15 is 0 Å². The van der Waals surface area contributed by atoms with Crippen LogP contribution in [0.1, 0.15) is 36.7 Å². The Morgan fingerprint density at radius 3 is 2.59 bits per heavy atom. The van der Waals surface area contributed by atoms with Crippen molar-refractivity contribution >= 4 is 46.2 Å². The van der Waals surface area contributed by atoms with E-state index in [4.69, 9.17) is 9.41 Å². The number of aliphatic imine (C=N–C) groups is 2. The van der Waals surface area contributed by atoms with Gasteiger partial charge in [0.2, 0.25) is 11.8 Å². The molecule has 2 aliphatic rings. The van der Waals surface area contributed by atoms with Gasteiger partial charge in [0, 0.05) is 12.1 Å². The minimum atomic E-state index is -0.906. The number of fused-ring (bicyclic) bond motifs is 3. The predicted molar refractivity (Wildman–Crippen MR) is 146 cm³/mol. The van der Waals surface area contributed by atoms with Crippen LogP contribution in [0.3, 0.4) is 0 Å². The number of amidine groups is 2. The van der Waals surface area contributed by atoms with E-state index in [-0.39, 0.29) is 37.1 Å². The smallest absolute Gasteiger partial charge is 0.271 e. The van der Waals surface area contributed by atoms with Crippen LogP contribution >= 0.6 is 11.8 Å². The number of halogens is 1. The van der Waals surface area contributed by atoms with Crippen molar-refractivity contribution in [2.75, 3.05) is 0 Å². The minimum Gasteiger partial charge on any atom is -0.467 e. The Morgan fingerprint density at radius 1 is 1.05 bits per heavy atom. The molecule has 2 unspecified atom stereocenters. The molecule has 2 aliphatic heterocycles. The summed E-state index contributed by atoms with van der Waals surface area (Å²) >= 11 is 1.23. The van der Waals surface area contributed by atoms with Crippen molar-refractivity contribution in [1.29, 1.82) is 0 Å². The van der Waals surface area contributed by atoms with Gasteiger partial charge in [-0.2, -0.15) is 4.99 Å². The largest absolute Gasteiger partial charge is 0.467 e. The monoisotopic (exact) mass is 547 g/mol. The van der Waals surface area contributed by atoms with E-state index in [1.807, 2.05) is 31.2 Å². The molecular formula is C28H26FN5O4S. The fourth-order valence-corrected chi connectivity index (χ4v) is 5.37. The molecule has 3 amide bonds. The number of nitrogens with zero attached hydrogens (tertiary/aromatic N) is 3. The third kappa shape index (κ3) is 5.93. The zero-order chi connectivity index (χ0) is 27.4. The molecule has 0 spiro atoms. The van der Waals surface area contributed by atoms with Crippen LogP contribution < -0.4 is 10.6 Å². The van der Waals surface area contributed by atoms with Crippen molar-refractivity contribution in [3.8, 4) is 0 Å². The first-order chi connectivity index (χ1) is 18.9. The van der Waals surface area contributed by atoms with Gasteiger partial charge in [-0.05, 0) is 48.4 Å². The van der Waals surface area contributed by atoms with Crippen LogP contribution in [0.5, 0.6) is 0 Å². The second kappa shape index (κ2) is 11.6. The quantitative estimate of drug-likeness (QED) is 0.420. The molecule has 2 N–H and O–H groups in total. The molecule has 200 valence electrons. The SMILES string of the molecule is CCC(SC1=Nc2ccccc2C2=NC(=O)C(CC(=O)NCc3ccc(F)cc3)N12)C(=O)NCc1ccco1. The highest BCUT2D eigenvalue weighted by atomic mass is 32.2. The number of rotatable bonds is 9. The number of carbonyl (C=O) groups is 3. The van der Waals surface area contributed by atoms with Gasteiger partial charge < -0.3 is 15.1 Å². The summed E-state index contributed by atoms with van der Waals surface area (Å²) in [5, 5.41) is 5.59. The summed E-state index contributed by atoms with van der Waals surface area (Å²) in [5.74, 6) is -0.324. The van der Waals surface area contributed by atoms with Crippen LogP contribution in [0.15, 0.2) is 81.3 Å². The fourth-order valence-electron chi connectivity index (χ4n) is 4.28. The first-order valence-corrected chi connectivity index (χ1v) is 13.4. The highest BCUT2D eigenvalue weighted by molar-refractivity contribution is 8.15. The molecule has 5 rings (SSSR count). The molecule has 0 fully saturated rings. The highest BCUT2D eigenvalue weighted by Gasteiger charge is 2.43. The number of carbonyl (C=O) groups excluding carboxylic acids is 3. The van der Waals surface area contributed by atoms with Crippen LogP contribution in [0.2, 0.25) is 0 Å². The van der Waals surface area contributed by atoms with Crippen LogP contribution in [-0.2, 0) is 27.5 Å². The molecule has 0 saturated heterocycles. The predicted octanol–water partition coefficient (Wildman–Crippen LogP) is 3.91. The molecule has 3 heterocycles. The lowest BCUT2D eigenvalue weighted by Crippen LogP contribution is -2.47. The second-order valence-electron chi connectivity index (χ2n) is 8.99. The van der Waals surface area contributed by atoms with Crippen LogP contribution in [0.25, 0.3) is 0 Å². The Kier molecular flexibility index (Phi) is 7.87. The lowest BCUT2D eigenvalue weighted by molar-refractivity contribution is -0.126. The normalized spacial score (nSPS) is 16.6. The number of amides is 3. The first kappa shape index (κ1) is 26.4. The van der Waals surface area contributed by atoms with Crippen LogP contribution in [0.4, 0.5) is 10.1 Å². The molecule has 2 atom stereocenters. The maximum atomic E-state index is 13.2. The van der Waals surface area contributed by atoms with Crippen molar-refractivity contribution < 1.29 is 23.2 Å². The maximum Gasteiger partial charge on any atom is 0.271 e. The number of thioether (sulfide) groups is 1. The van der Waals surface area contributed by atoms with Gasteiger partial charge in [-0.1, -0.05) is 43.0 Å². The summed E-state index contributed by atoms with van der Waals surface area (Å²) in [6.07, 6.45) is 1.89. The number of hydrogen-bond acceptors (Lipinski definition) is 7. The number of benzene rings is 2. The first-order valence-electron chi connectivity index (χ1n) is 12.5. The number of para-hydroxylation sites is 1. The van der Waals surface area contributed by atoms with Crippen molar-refractivity contribution in [3.63, 3.8) is 0 Å². The Balaban J connectivity index is 1.33. The lowest BCUT2D eigenvalue weighted by Gasteiger charge is -2.32. The van der Waals surface area contributed by atoms with Crippen molar-refractivity contribution in [2.24, 2.45) is 9.98 Å². The topological polar surface area (TPSA) is 116 Å². The van der Waals surface area contributed by atoms with Crippen molar-refractivity contribution in [2.45, 2.75) is 44.1 Å². The van der Waals surface area contributed by atoms with Gasteiger partial charge in [0.05, 0.1) is 30.2 Å². The molecule has 39 heavy (non-hydrogen) atoms. The summed E-state index contributed by atoms with van der Waals surface area (Å²) in [4.78, 5) is 49.7. The molecular weight excluding hydrogens is 521 g/mol. The maximum absolute atomic E-state index is 13.2. The van der Waals surface area contributed by atoms with Gasteiger partial charge in [-0.25, -0.2) is 9.38 Å². The molecule has 2 aromatic carbocycles. The average Bonchev–Trinajstić information content (AvgIpc) is 3.58. The standard InChI is InChI=1S/C28H26FN5O4S/c1-2-23(27(37)31-16-19-6-5-13-38-19)39-28-32-21-8-4-3-7-20(21)25-33-26(36)22(34(25)28)14-24(35)30-15-17-9-11-18(29)12-10-17/h3-13,22-23H,2,14-16H2,1H3,(H,30,35)(H,31,37). The molecule has 11 heteroatoms. The zero-order valence-electron chi connectivity index (χ0n) is 21.1. The van der Waals surface area contributed by atoms with Crippen LogP contribution in [-0.4, -0.2) is 44.9 Å². The Hall–Kier alpha value is -4.25. The minimum absolute atomic E-state index is 0.156. The molecule has 3 aromatic rings. The lowest BCUT2D eigenvalue weighted by atomic mass is 10.1. The number of furan rings is 1. The number of nitrogens with one attached hydrogen (secondary N) is 2. The van der Waals surface area contributed by atoms with E-state index < -0.39 is 17.2 Å². The van der Waals surface area contributed by atoms with E-state index in [0.717, 1.165) is 5.56 Å². The van der Waals surface area contributed by atoms with E-state index in [0.29, 0.717) is 34.4 Å². The molecule has 0 aliphatic carbocycles. The molecule has 0 bridgehead atoms. The summed E-state index contributed by atoms with van der Waals surface area (Å²) < 4.78 is 18.5. The Labute approximate surface area is 228 Å². The highest BCUT2D eigenvalue weighted by Crippen LogP contribution is 2.36. The Bertz CT molecular complexity index is 1440. The average molecular weight is 548 g/mol. The Morgan fingerprint density at radius 2 is 1.85 bits per heavy atom. The molecule has 9 nitrogen and oxygen atoms in total. The van der Waals surface area contributed by atoms with Gasteiger partial charge in [0.25, 0.3) is 5.91 Å². The summed E-state index contributed by atoms with van der Waals surface area (Å²) in [7, 11) is 0. The molecule has 0 saturated carbocycles. The number of hydrogen-bond donors (Lipinski definition) is 2. The summed E-state index contributed by atoms with van der Waals surface area (Å²) in [5.41, 5.74) is 2.05. The summed E-state index contributed by atoms with van der Waals surface area (Å²) in [6.45, 7) is 2.34. The van der Waals surface area contributed by atoms with Gasteiger partial charge >= 0.3 is 0 Å². The second-order valence-corrected chi connectivity index (χ2v) is 10.2. The van der Waals surface area contributed by atoms with Crippen molar-refractivity contribution in [1.82, 2.24) is 15.5 Å². The van der Waals surface area contributed by atoms with Gasteiger partial charge in [-0.15, -0.1) is 0 Å². The summed E-state index contributed by atoms with van der Waals surface area (Å²) in [6, 6.07) is 15.8. The van der Waals surface area contributed by atoms with E-state index in [1.165, 1.54) is 23.9 Å². The van der Waals surface area contributed by atoms with E-state index in [2.05, 4.69) is 15.6 Å². The molecule has 1 aromatic heterocycles. The molecule has 0 radical (unpaired) electrons. The van der Waals surface area contributed by atoms with Gasteiger partial charge in [0.15, 0.2) is 5.17 Å². The van der Waals surface area contributed by atoms with Crippen molar-refractivity contribution in [3.05, 3.63) is 89.6 Å². The van der Waals surface area contributed by atoms with E-state index in [1.54, 1.807) is 35.4 Å². The van der Waals surface area contributed by atoms with Gasteiger partial charge in [0.1, 0.15) is 23.5 Å². The fraction of sp³-hybridized carbons (Fsp3) is 0.250. The third-order valence-electron chi connectivity index (χ3n) is 6.32. The van der Waals surface area contributed by atoms with E-state index in [9.17, 15) is 18.8 Å². The van der Waals surface area contributed by atoms with Crippen LogP contribution in [0, 0.1) is 5.82 Å². The third-order valence-corrected chi connectivity index (χ3v) is 7.65.